The Morgan fingerprint density at radius 1 is 1.08 bits per heavy atom. The van der Waals surface area contributed by atoms with Crippen LogP contribution in [-0.4, -0.2) is 79.3 Å². The van der Waals surface area contributed by atoms with Gasteiger partial charge < -0.3 is 30.8 Å². The number of carbonyl (C=O) groups is 5. The Hall–Kier alpha value is -4.00. The van der Waals surface area contributed by atoms with Crippen LogP contribution in [0.25, 0.3) is 0 Å². The predicted octanol–water partition coefficient (Wildman–Crippen LogP) is 0.817. The molecule has 0 saturated carbocycles. The first-order chi connectivity index (χ1) is 18.3. The molecule has 4 amide bonds. The number of carbonyl (C=O) groups excluding carboxylic acids is 5. The summed E-state index contributed by atoms with van der Waals surface area (Å²) in [5.41, 5.74) is 7.81. The molecule has 1 rings (SSSR count). The Morgan fingerprint density at radius 2 is 1.74 bits per heavy atom. The molecule has 2 atom stereocenters. The number of benzene rings is 1. The molecule has 0 radical (unpaired) electrons. The highest BCUT2D eigenvalue weighted by Crippen LogP contribution is 2.09. The van der Waals surface area contributed by atoms with Crippen molar-refractivity contribution in [1.29, 1.82) is 0 Å². The maximum Gasteiger partial charge on any atom is 0.408 e. The van der Waals surface area contributed by atoms with Crippen molar-refractivity contribution >= 4 is 36.5 Å². The number of nitrogens with one attached hydrogen (secondary N) is 3. The first-order valence-corrected chi connectivity index (χ1v) is 12.5. The smallest absolute Gasteiger partial charge is 0.408 e. The molecule has 0 saturated heterocycles. The van der Waals surface area contributed by atoms with Gasteiger partial charge in [-0.2, -0.15) is 0 Å². The van der Waals surface area contributed by atoms with Crippen molar-refractivity contribution in [2.24, 2.45) is 10.7 Å². The highest BCUT2D eigenvalue weighted by molar-refractivity contribution is 5.87. The Balaban J connectivity index is 2.71. The van der Waals surface area contributed by atoms with Gasteiger partial charge in [-0.05, 0) is 45.9 Å². The van der Waals surface area contributed by atoms with E-state index in [1.165, 1.54) is 12.1 Å². The fraction of sp³-hybridized carbons (Fsp3) is 0.538. The van der Waals surface area contributed by atoms with Crippen LogP contribution in [0.5, 0.6) is 0 Å². The van der Waals surface area contributed by atoms with Gasteiger partial charge in [0.05, 0.1) is 0 Å². The van der Waals surface area contributed by atoms with Gasteiger partial charge in [-0.25, -0.2) is 9.80 Å². The first-order valence-electron chi connectivity index (χ1n) is 12.5. The zero-order valence-electron chi connectivity index (χ0n) is 23.0. The van der Waals surface area contributed by atoms with Crippen molar-refractivity contribution in [2.45, 2.75) is 70.7 Å². The minimum atomic E-state index is -1.13. The molecule has 13 heteroatoms. The Labute approximate surface area is 228 Å². The molecule has 13 nitrogen and oxygen atoms in total. The van der Waals surface area contributed by atoms with Gasteiger partial charge in [0, 0.05) is 32.5 Å². The summed E-state index contributed by atoms with van der Waals surface area (Å²) in [4.78, 5) is 65.0. The van der Waals surface area contributed by atoms with Crippen molar-refractivity contribution in [3.05, 3.63) is 35.9 Å². The third-order valence-electron chi connectivity index (χ3n) is 5.03. The molecule has 0 aliphatic heterocycles. The van der Waals surface area contributed by atoms with E-state index >= 15 is 0 Å². The zero-order chi connectivity index (χ0) is 29.4. The number of ether oxygens (including phenoxy) is 2. The standard InChI is InChI=1S/C26H40N6O7/c1-26(2,3)39-25(37)30-20(11-12-21(27)33)24(36)29-19(13-14-28-4)15-22(34)31-32(5)16-23(35)38-17-18-9-7-6-8-10-18/h6-10,19-20H,4,11-17H2,1-3,5H3,(H2,27,33)(H,29,36)(H,30,37)(H,31,34)/t19-,20-/m0/s1. The molecule has 0 aliphatic rings. The van der Waals surface area contributed by atoms with Crippen LogP contribution >= 0.6 is 0 Å². The van der Waals surface area contributed by atoms with Crippen molar-refractivity contribution < 1.29 is 33.4 Å². The second kappa shape index (κ2) is 16.8. The van der Waals surface area contributed by atoms with Crippen molar-refractivity contribution in [1.82, 2.24) is 21.1 Å². The van der Waals surface area contributed by atoms with Gasteiger partial charge in [0.25, 0.3) is 0 Å². The van der Waals surface area contributed by atoms with E-state index in [-0.39, 0.29) is 45.4 Å². The zero-order valence-corrected chi connectivity index (χ0v) is 23.0. The molecular formula is C26H40N6O7. The maximum atomic E-state index is 13.0. The van der Waals surface area contributed by atoms with E-state index in [1.54, 1.807) is 20.8 Å². The number of rotatable bonds is 16. The second-order valence-electron chi connectivity index (χ2n) is 9.89. The Kier molecular flexibility index (Phi) is 14.2. The molecule has 5 N–H and O–H groups in total. The largest absolute Gasteiger partial charge is 0.460 e. The molecule has 0 heterocycles. The van der Waals surface area contributed by atoms with Gasteiger partial charge >= 0.3 is 12.1 Å². The van der Waals surface area contributed by atoms with Gasteiger partial charge in [-0.1, -0.05) is 30.3 Å². The van der Waals surface area contributed by atoms with Crippen molar-refractivity contribution in [2.75, 3.05) is 20.1 Å². The lowest BCUT2D eigenvalue weighted by Crippen LogP contribution is -2.52. The molecule has 0 bridgehead atoms. The monoisotopic (exact) mass is 548 g/mol. The topological polar surface area (TPSA) is 182 Å². The van der Waals surface area contributed by atoms with Gasteiger partial charge in [-0.3, -0.25) is 24.6 Å². The molecule has 1 aromatic carbocycles. The van der Waals surface area contributed by atoms with Crippen LogP contribution in [0.15, 0.2) is 35.3 Å². The lowest BCUT2D eigenvalue weighted by molar-refractivity contribution is -0.147. The third-order valence-corrected chi connectivity index (χ3v) is 5.03. The van der Waals surface area contributed by atoms with E-state index in [0.717, 1.165) is 5.56 Å². The number of hydrogen-bond donors (Lipinski definition) is 4. The van der Waals surface area contributed by atoms with Gasteiger partial charge in [-0.15, -0.1) is 0 Å². The summed E-state index contributed by atoms with van der Waals surface area (Å²) >= 11 is 0. The Morgan fingerprint density at radius 3 is 2.33 bits per heavy atom. The first kappa shape index (κ1) is 33.0. The lowest BCUT2D eigenvalue weighted by Gasteiger charge is -2.25. The van der Waals surface area contributed by atoms with Gasteiger partial charge in [0.2, 0.25) is 17.7 Å². The quantitative estimate of drug-likeness (QED) is 0.133. The van der Waals surface area contributed by atoms with E-state index < -0.39 is 47.5 Å². The van der Waals surface area contributed by atoms with Crippen LogP contribution < -0.4 is 21.8 Å². The number of primary amides is 1. The number of hydrogen-bond acceptors (Lipinski definition) is 9. The van der Waals surface area contributed by atoms with Crippen LogP contribution in [-0.2, 0) is 35.3 Å². The number of amides is 4. The molecule has 0 aromatic heterocycles. The summed E-state index contributed by atoms with van der Waals surface area (Å²) in [5, 5.41) is 6.43. The molecule has 0 fully saturated rings. The maximum absolute atomic E-state index is 13.0. The minimum Gasteiger partial charge on any atom is -0.460 e. The van der Waals surface area contributed by atoms with Crippen LogP contribution in [0.4, 0.5) is 4.79 Å². The number of nitrogens with zero attached hydrogens (tertiary/aromatic N) is 2. The predicted molar refractivity (Wildman–Crippen MR) is 144 cm³/mol. The van der Waals surface area contributed by atoms with E-state index in [9.17, 15) is 24.0 Å². The summed E-state index contributed by atoms with van der Waals surface area (Å²) in [7, 11) is 1.51. The fourth-order valence-electron chi connectivity index (χ4n) is 3.28. The average molecular weight is 549 g/mol. The van der Waals surface area contributed by atoms with Crippen LogP contribution in [0.2, 0.25) is 0 Å². The second-order valence-corrected chi connectivity index (χ2v) is 9.89. The number of nitrogens with two attached hydrogens (primary N) is 1. The molecule has 0 aliphatic carbocycles. The number of aliphatic imine (C=N–C) groups is 1. The molecule has 39 heavy (non-hydrogen) atoms. The number of alkyl carbamates (subject to hydrolysis) is 1. The highest BCUT2D eigenvalue weighted by atomic mass is 16.6. The minimum absolute atomic E-state index is 0.0626. The van der Waals surface area contributed by atoms with E-state index in [0.29, 0.717) is 0 Å². The van der Waals surface area contributed by atoms with Crippen LogP contribution in [0.3, 0.4) is 0 Å². The molecular weight excluding hydrogens is 508 g/mol. The molecule has 0 spiro atoms. The van der Waals surface area contributed by atoms with Gasteiger partial charge in [0.1, 0.15) is 24.8 Å². The van der Waals surface area contributed by atoms with Crippen LogP contribution in [0, 0.1) is 0 Å². The highest BCUT2D eigenvalue weighted by Gasteiger charge is 2.27. The average Bonchev–Trinajstić information content (AvgIpc) is 2.82. The summed E-state index contributed by atoms with van der Waals surface area (Å²) in [6.07, 6.45) is -0.930. The summed E-state index contributed by atoms with van der Waals surface area (Å²) in [5.74, 6) is -2.28. The van der Waals surface area contributed by atoms with Crippen LogP contribution in [0.1, 0.15) is 52.0 Å². The molecule has 0 unspecified atom stereocenters. The van der Waals surface area contributed by atoms with Gasteiger partial charge in [0.15, 0.2) is 0 Å². The number of likely N-dealkylation sites (N-methyl/N-ethyl adjacent to an activating group) is 1. The number of esters is 1. The lowest BCUT2D eigenvalue weighted by atomic mass is 10.1. The van der Waals surface area contributed by atoms with E-state index in [2.05, 4.69) is 27.8 Å². The third kappa shape index (κ3) is 15.8. The normalized spacial score (nSPS) is 12.5. The van der Waals surface area contributed by atoms with Crippen molar-refractivity contribution in [3.63, 3.8) is 0 Å². The van der Waals surface area contributed by atoms with Crippen molar-refractivity contribution in [3.8, 4) is 0 Å². The summed E-state index contributed by atoms with van der Waals surface area (Å²) in [6, 6.07) is 7.36. The number of hydrazine groups is 1. The summed E-state index contributed by atoms with van der Waals surface area (Å²) in [6.45, 7) is 8.60. The molecule has 216 valence electrons. The van der Waals surface area contributed by atoms with E-state index in [1.807, 2.05) is 30.3 Å². The SMILES string of the molecule is C=NCC[C@@H](CC(=O)NN(C)CC(=O)OCc1ccccc1)NC(=O)[C@H](CCC(N)=O)NC(=O)OC(C)(C)C. The Bertz CT molecular complexity index is 981. The fourth-order valence-corrected chi connectivity index (χ4v) is 3.28. The molecule has 1 aromatic rings. The van der Waals surface area contributed by atoms with E-state index in [4.69, 9.17) is 15.2 Å². The summed E-state index contributed by atoms with van der Waals surface area (Å²) < 4.78 is 10.4.